The zero-order valence-electron chi connectivity index (χ0n) is 20.2. The summed E-state index contributed by atoms with van der Waals surface area (Å²) in [4.78, 5) is 21.2. The van der Waals surface area contributed by atoms with E-state index in [0.717, 1.165) is 53.8 Å². The van der Waals surface area contributed by atoms with E-state index in [4.69, 9.17) is 19.4 Å². The third-order valence-corrected chi connectivity index (χ3v) is 8.63. The van der Waals surface area contributed by atoms with E-state index in [1.807, 2.05) is 17.4 Å². The average molecular weight is 510 g/mol. The predicted octanol–water partition coefficient (Wildman–Crippen LogP) is 3.06. The number of methoxy groups -OCH3 is 1. The number of carbonyl (C=O) groups is 1. The number of aldehydes is 1. The summed E-state index contributed by atoms with van der Waals surface area (Å²) in [5, 5.41) is 0.912. The topological polar surface area (TPSA) is 108 Å². The number of fused-ring (bicyclic) bond motifs is 2. The lowest BCUT2D eigenvalue weighted by atomic mass is 10.2. The number of anilines is 1. The van der Waals surface area contributed by atoms with Gasteiger partial charge in [0.15, 0.2) is 5.88 Å². The highest BCUT2D eigenvalue weighted by Gasteiger charge is 2.29. The molecule has 1 aliphatic heterocycles. The van der Waals surface area contributed by atoms with Gasteiger partial charge in [0.05, 0.1) is 44.0 Å². The molecule has 0 atom stereocenters. The van der Waals surface area contributed by atoms with Gasteiger partial charge in [-0.3, -0.25) is 13.5 Å². The van der Waals surface area contributed by atoms with Crippen LogP contribution in [0.15, 0.2) is 30.3 Å². The summed E-state index contributed by atoms with van der Waals surface area (Å²) >= 11 is 0. The van der Waals surface area contributed by atoms with Gasteiger partial charge in [0.2, 0.25) is 10.0 Å². The van der Waals surface area contributed by atoms with Gasteiger partial charge in [0.1, 0.15) is 29.1 Å². The molecule has 1 aliphatic carbocycles. The Labute approximate surface area is 208 Å². The molecule has 2 fully saturated rings. The van der Waals surface area contributed by atoms with Crippen molar-refractivity contribution in [2.24, 2.45) is 5.92 Å². The van der Waals surface area contributed by atoms with Crippen molar-refractivity contribution < 1.29 is 22.7 Å². The van der Waals surface area contributed by atoms with Crippen molar-refractivity contribution in [1.82, 2.24) is 18.9 Å². The third kappa shape index (κ3) is 3.82. The summed E-state index contributed by atoms with van der Waals surface area (Å²) in [5.41, 5.74) is 4.39. The van der Waals surface area contributed by atoms with E-state index in [9.17, 15) is 13.2 Å². The number of nitrogens with zero attached hydrogens (tertiary/aromatic N) is 5. The van der Waals surface area contributed by atoms with Crippen molar-refractivity contribution in [3.63, 3.8) is 0 Å². The normalized spacial score (nSPS) is 18.0. The van der Waals surface area contributed by atoms with Gasteiger partial charge >= 0.3 is 0 Å². The van der Waals surface area contributed by atoms with Gasteiger partial charge in [-0.2, -0.15) is 0 Å². The molecule has 0 aromatic carbocycles. The van der Waals surface area contributed by atoms with Crippen molar-refractivity contribution in [1.29, 1.82) is 0 Å². The van der Waals surface area contributed by atoms with E-state index >= 15 is 0 Å². The second-order valence-corrected chi connectivity index (χ2v) is 11.4. The molecular weight excluding hydrogens is 482 g/mol. The van der Waals surface area contributed by atoms with Crippen molar-refractivity contribution in [2.75, 3.05) is 36.9 Å². The maximum atomic E-state index is 12.8. The fourth-order valence-corrected chi connectivity index (χ4v) is 6.16. The van der Waals surface area contributed by atoms with E-state index in [0.29, 0.717) is 35.4 Å². The molecule has 0 unspecified atom stereocenters. The maximum absolute atomic E-state index is 12.8. The summed E-state index contributed by atoms with van der Waals surface area (Å²) in [6.45, 7) is 3.50. The molecule has 5 heterocycles. The minimum atomic E-state index is -3.51. The van der Waals surface area contributed by atoms with Gasteiger partial charge in [-0.1, -0.05) is 0 Å². The van der Waals surface area contributed by atoms with Crippen LogP contribution < -0.4 is 9.04 Å². The number of aromatic nitrogens is 4. The van der Waals surface area contributed by atoms with Gasteiger partial charge in [0, 0.05) is 23.6 Å². The van der Waals surface area contributed by atoms with Crippen LogP contribution in [0.3, 0.4) is 0 Å². The van der Waals surface area contributed by atoms with E-state index in [-0.39, 0.29) is 18.9 Å². The predicted molar refractivity (Wildman–Crippen MR) is 135 cm³/mol. The number of pyridine rings is 2. The van der Waals surface area contributed by atoms with Crippen LogP contribution in [0, 0.1) is 12.8 Å². The fourth-order valence-electron chi connectivity index (χ4n) is 4.87. The first kappa shape index (κ1) is 23.0. The lowest BCUT2D eigenvalue weighted by Gasteiger charge is -2.20. The molecule has 2 aliphatic rings. The molecule has 4 aromatic rings. The molecule has 0 N–H and O–H groups in total. The van der Waals surface area contributed by atoms with Crippen LogP contribution in [0.4, 0.5) is 5.82 Å². The van der Waals surface area contributed by atoms with Crippen LogP contribution in [0.25, 0.3) is 28.1 Å². The average Bonchev–Trinajstić information content (AvgIpc) is 3.58. The highest BCUT2D eigenvalue weighted by atomic mass is 32.2. The Morgan fingerprint density at radius 1 is 1.17 bits per heavy atom. The van der Waals surface area contributed by atoms with E-state index in [1.165, 1.54) is 4.31 Å². The third-order valence-electron chi connectivity index (χ3n) is 6.91. The van der Waals surface area contributed by atoms with Crippen LogP contribution in [0.5, 0.6) is 5.88 Å². The summed E-state index contributed by atoms with van der Waals surface area (Å²) in [6.07, 6.45) is 3.08. The lowest BCUT2D eigenvalue weighted by molar-refractivity contribution is 0.112. The molecule has 188 valence electrons. The summed E-state index contributed by atoms with van der Waals surface area (Å²) in [7, 11) is -1.94. The number of ether oxygens (including phenoxy) is 2. The Bertz CT molecular complexity index is 1600. The quantitative estimate of drug-likeness (QED) is 0.368. The fraction of sp³-hybridized carbons (Fsp3) is 0.400. The highest BCUT2D eigenvalue weighted by Crippen LogP contribution is 2.37. The minimum Gasteiger partial charge on any atom is -0.482 e. The second kappa shape index (κ2) is 8.59. The molecule has 0 amide bonds. The lowest BCUT2D eigenvalue weighted by Crippen LogP contribution is -2.34. The van der Waals surface area contributed by atoms with Crippen LogP contribution in [0.1, 0.15) is 28.9 Å². The van der Waals surface area contributed by atoms with E-state index < -0.39 is 10.0 Å². The van der Waals surface area contributed by atoms with E-state index in [1.54, 1.807) is 25.3 Å². The molecule has 36 heavy (non-hydrogen) atoms. The number of hydrogen-bond acceptors (Lipinski definition) is 7. The van der Waals surface area contributed by atoms with Gasteiger partial charge in [-0.25, -0.2) is 18.4 Å². The zero-order chi connectivity index (χ0) is 25.0. The van der Waals surface area contributed by atoms with Crippen LogP contribution in [-0.4, -0.2) is 66.3 Å². The molecule has 1 saturated carbocycles. The first-order chi connectivity index (χ1) is 17.4. The largest absolute Gasteiger partial charge is 0.482 e. The molecule has 0 bridgehead atoms. The Balaban J connectivity index is 1.54. The van der Waals surface area contributed by atoms with Gasteiger partial charge in [-0.15, -0.1) is 0 Å². The molecule has 0 radical (unpaired) electrons. The van der Waals surface area contributed by atoms with Gasteiger partial charge < -0.3 is 14.0 Å². The van der Waals surface area contributed by atoms with Crippen LogP contribution >= 0.6 is 0 Å². The SMILES string of the molecule is COc1cc(C=O)cc2nc(-c3cc4ccc(N5CCOCCS5(=O)=O)nc4n3CC3CC3)c(C)n12. The summed E-state index contributed by atoms with van der Waals surface area (Å²) in [6, 6.07) is 9.16. The van der Waals surface area contributed by atoms with Crippen molar-refractivity contribution in [2.45, 2.75) is 26.3 Å². The van der Waals surface area contributed by atoms with Crippen molar-refractivity contribution in [3.05, 3.63) is 41.6 Å². The van der Waals surface area contributed by atoms with E-state index in [2.05, 4.69) is 10.6 Å². The molecule has 0 spiro atoms. The molecule has 10 nitrogen and oxygen atoms in total. The van der Waals surface area contributed by atoms with Gasteiger partial charge in [0.25, 0.3) is 0 Å². The molecule has 1 saturated heterocycles. The number of aryl methyl sites for hydroxylation is 1. The Morgan fingerprint density at radius 3 is 2.75 bits per heavy atom. The number of hydrogen-bond donors (Lipinski definition) is 0. The standard InChI is InChI=1S/C25H27N5O5S/c1-16-24(26-22-11-18(15-31)12-23(34-2)30(16)22)20-13-19-5-6-21(27-25(19)28(20)14-17-3-4-17)29-7-8-35-9-10-36(29,32)33/h5-6,11-13,15,17H,3-4,7-10,14H2,1-2H3. The second-order valence-electron chi connectivity index (χ2n) is 9.35. The van der Waals surface area contributed by atoms with Crippen LogP contribution in [0.2, 0.25) is 0 Å². The Hall–Kier alpha value is -3.44. The highest BCUT2D eigenvalue weighted by molar-refractivity contribution is 7.92. The smallest absolute Gasteiger partial charge is 0.238 e. The van der Waals surface area contributed by atoms with Crippen molar-refractivity contribution >= 4 is 38.8 Å². The Morgan fingerprint density at radius 2 is 2.00 bits per heavy atom. The van der Waals surface area contributed by atoms with Crippen molar-refractivity contribution in [3.8, 4) is 17.3 Å². The van der Waals surface area contributed by atoms with Gasteiger partial charge in [-0.05, 0) is 49.9 Å². The first-order valence-corrected chi connectivity index (χ1v) is 13.6. The maximum Gasteiger partial charge on any atom is 0.238 e. The Kier molecular flexibility index (Phi) is 5.49. The molecule has 6 rings (SSSR count). The monoisotopic (exact) mass is 509 g/mol. The molecular formula is C25H27N5O5S. The molecule has 4 aromatic heterocycles. The number of sulfonamides is 1. The zero-order valence-corrected chi connectivity index (χ0v) is 21.0. The summed E-state index contributed by atoms with van der Waals surface area (Å²) < 4.78 is 42.0. The summed E-state index contributed by atoms with van der Waals surface area (Å²) in [5.74, 6) is 1.42. The minimum absolute atomic E-state index is 0.0634. The molecule has 11 heteroatoms. The number of rotatable bonds is 6. The number of carbonyl (C=O) groups excluding carboxylic acids is 1. The van der Waals surface area contributed by atoms with Crippen LogP contribution in [-0.2, 0) is 21.3 Å². The first-order valence-electron chi connectivity index (χ1n) is 12.0. The number of imidazole rings is 1.